The summed E-state index contributed by atoms with van der Waals surface area (Å²) in [7, 11) is 0. The minimum atomic E-state index is -0.741. The molecule has 3 aliphatic heterocycles. The van der Waals surface area contributed by atoms with Gasteiger partial charge in [-0.25, -0.2) is 4.79 Å². The first-order chi connectivity index (χ1) is 13.2. The molecule has 3 heterocycles. The Labute approximate surface area is 168 Å². The third-order valence-corrected chi connectivity index (χ3v) is 6.22. The van der Waals surface area contributed by atoms with Crippen LogP contribution in [0.5, 0.6) is 0 Å². The summed E-state index contributed by atoms with van der Waals surface area (Å²) in [5, 5.41) is 3.02. The summed E-state index contributed by atoms with van der Waals surface area (Å²) in [4.78, 5) is 44.2. The molecule has 7 nitrogen and oxygen atoms in total. The molecule has 3 aliphatic rings. The summed E-state index contributed by atoms with van der Waals surface area (Å²) < 4.78 is 0. The smallest absolute Gasteiger partial charge is 0.325 e. The number of nitrogens with one attached hydrogen (secondary N) is 1. The standard InChI is InChI=1S/C21H36N4O3/c1-15(2)12-18(26)24-9-5-6-17(14-24)25-19(27)21(22-20(25)28)7-10-23(11-8-21)13-16(3)4/h15-17H,5-14H2,1-4H3,(H,22,28)/t17-/m1/s1. The Kier molecular flexibility index (Phi) is 6.32. The van der Waals surface area contributed by atoms with Crippen LogP contribution in [0.2, 0.25) is 0 Å². The van der Waals surface area contributed by atoms with Gasteiger partial charge < -0.3 is 15.1 Å². The van der Waals surface area contributed by atoms with Gasteiger partial charge in [-0.2, -0.15) is 0 Å². The van der Waals surface area contributed by atoms with Crippen LogP contribution in [0.25, 0.3) is 0 Å². The molecule has 0 saturated carbocycles. The summed E-state index contributed by atoms with van der Waals surface area (Å²) in [5.41, 5.74) is -0.741. The number of hydrogen-bond acceptors (Lipinski definition) is 4. The summed E-state index contributed by atoms with van der Waals surface area (Å²) in [6.45, 7) is 12.4. The zero-order chi connectivity index (χ0) is 20.5. The lowest BCUT2D eigenvalue weighted by atomic mass is 9.86. The lowest BCUT2D eigenvalue weighted by Gasteiger charge is -2.39. The van der Waals surface area contributed by atoms with Crippen molar-refractivity contribution in [2.75, 3.05) is 32.7 Å². The average Bonchev–Trinajstić information content (AvgIpc) is 2.86. The maximum absolute atomic E-state index is 13.3. The van der Waals surface area contributed by atoms with Crippen LogP contribution in [0.15, 0.2) is 0 Å². The molecule has 1 N–H and O–H groups in total. The van der Waals surface area contributed by atoms with Crippen LogP contribution in [0, 0.1) is 11.8 Å². The highest BCUT2D eigenvalue weighted by Crippen LogP contribution is 2.32. The largest absolute Gasteiger partial charge is 0.341 e. The molecule has 0 unspecified atom stereocenters. The topological polar surface area (TPSA) is 73.0 Å². The average molecular weight is 393 g/mol. The Morgan fingerprint density at radius 1 is 1.11 bits per heavy atom. The number of carbonyl (C=O) groups excluding carboxylic acids is 3. The molecular formula is C21H36N4O3. The molecule has 3 fully saturated rings. The van der Waals surface area contributed by atoms with Crippen molar-refractivity contribution in [3.05, 3.63) is 0 Å². The SMILES string of the molecule is CC(C)CC(=O)N1CCC[C@@H](N2C(=O)NC3(CCN(CC(C)C)CC3)C2=O)C1. The van der Waals surface area contributed by atoms with E-state index < -0.39 is 5.54 Å². The number of likely N-dealkylation sites (tertiary alicyclic amines) is 2. The molecule has 0 bridgehead atoms. The fraction of sp³-hybridized carbons (Fsp3) is 0.857. The van der Waals surface area contributed by atoms with Gasteiger partial charge in [-0.15, -0.1) is 0 Å². The molecule has 4 amide bonds. The number of nitrogens with zero attached hydrogens (tertiary/aromatic N) is 3. The minimum absolute atomic E-state index is 0.0788. The minimum Gasteiger partial charge on any atom is -0.341 e. The van der Waals surface area contributed by atoms with Gasteiger partial charge in [0.05, 0.1) is 6.04 Å². The van der Waals surface area contributed by atoms with Crippen molar-refractivity contribution < 1.29 is 14.4 Å². The van der Waals surface area contributed by atoms with E-state index in [2.05, 4.69) is 24.1 Å². The van der Waals surface area contributed by atoms with Crippen LogP contribution in [-0.2, 0) is 9.59 Å². The van der Waals surface area contributed by atoms with Gasteiger partial charge in [0.1, 0.15) is 5.54 Å². The first kappa shape index (κ1) is 21.1. The first-order valence-corrected chi connectivity index (χ1v) is 10.9. The van der Waals surface area contributed by atoms with Crippen molar-refractivity contribution in [1.82, 2.24) is 20.0 Å². The van der Waals surface area contributed by atoms with Gasteiger partial charge in [0.2, 0.25) is 5.91 Å². The Balaban J connectivity index is 1.64. The maximum Gasteiger partial charge on any atom is 0.325 e. The van der Waals surface area contributed by atoms with Gasteiger partial charge in [-0.3, -0.25) is 14.5 Å². The Hall–Kier alpha value is -1.63. The summed E-state index contributed by atoms with van der Waals surface area (Å²) in [6.07, 6.45) is 3.47. The fourth-order valence-electron chi connectivity index (χ4n) is 4.82. The van der Waals surface area contributed by atoms with Crippen molar-refractivity contribution in [2.24, 2.45) is 11.8 Å². The normalized spacial score (nSPS) is 25.9. The predicted octanol–water partition coefficient (Wildman–Crippen LogP) is 2.07. The zero-order valence-electron chi connectivity index (χ0n) is 17.9. The van der Waals surface area contributed by atoms with Gasteiger partial charge in [0.25, 0.3) is 5.91 Å². The molecule has 0 aromatic carbocycles. The van der Waals surface area contributed by atoms with Crippen LogP contribution in [0.4, 0.5) is 4.79 Å². The highest BCUT2D eigenvalue weighted by atomic mass is 16.2. The molecule has 1 spiro atoms. The third kappa shape index (κ3) is 4.34. The molecule has 28 heavy (non-hydrogen) atoms. The molecule has 3 saturated heterocycles. The second-order valence-electron chi connectivity index (χ2n) is 9.62. The van der Waals surface area contributed by atoms with Crippen molar-refractivity contribution >= 4 is 17.8 Å². The number of piperidine rings is 2. The Morgan fingerprint density at radius 2 is 1.79 bits per heavy atom. The van der Waals surface area contributed by atoms with Gasteiger partial charge >= 0.3 is 6.03 Å². The first-order valence-electron chi connectivity index (χ1n) is 10.9. The maximum atomic E-state index is 13.3. The van der Waals surface area contributed by atoms with Crippen LogP contribution < -0.4 is 5.32 Å². The molecule has 0 aromatic heterocycles. The number of hydrogen-bond donors (Lipinski definition) is 1. The Morgan fingerprint density at radius 3 is 2.39 bits per heavy atom. The zero-order valence-corrected chi connectivity index (χ0v) is 17.9. The monoisotopic (exact) mass is 392 g/mol. The van der Waals surface area contributed by atoms with Gasteiger partial charge in [0, 0.05) is 39.1 Å². The number of rotatable bonds is 5. The number of amides is 4. The quantitative estimate of drug-likeness (QED) is 0.727. The number of urea groups is 1. The van der Waals surface area contributed by atoms with Crippen LogP contribution in [0.1, 0.15) is 59.8 Å². The van der Waals surface area contributed by atoms with E-state index in [9.17, 15) is 14.4 Å². The fourth-order valence-corrected chi connectivity index (χ4v) is 4.82. The third-order valence-electron chi connectivity index (χ3n) is 6.22. The van der Waals surface area contributed by atoms with Crippen molar-refractivity contribution in [3.8, 4) is 0 Å². The van der Waals surface area contributed by atoms with Gasteiger partial charge in [0.15, 0.2) is 0 Å². The van der Waals surface area contributed by atoms with Gasteiger partial charge in [-0.05, 0) is 37.5 Å². The van der Waals surface area contributed by atoms with Crippen LogP contribution in [0.3, 0.4) is 0 Å². The molecular weight excluding hydrogens is 356 g/mol. The Bertz CT molecular complexity index is 611. The van der Waals surface area contributed by atoms with Gasteiger partial charge in [-0.1, -0.05) is 27.7 Å². The molecule has 0 radical (unpaired) electrons. The summed E-state index contributed by atoms with van der Waals surface area (Å²) in [5.74, 6) is 0.952. The lowest BCUT2D eigenvalue weighted by Crippen LogP contribution is -2.56. The van der Waals surface area contributed by atoms with E-state index in [1.54, 1.807) is 0 Å². The second kappa shape index (κ2) is 8.39. The molecule has 1 atom stereocenters. The second-order valence-corrected chi connectivity index (χ2v) is 9.62. The van der Waals surface area contributed by atoms with E-state index in [4.69, 9.17) is 0 Å². The van der Waals surface area contributed by atoms with E-state index >= 15 is 0 Å². The predicted molar refractivity (Wildman–Crippen MR) is 108 cm³/mol. The number of carbonyl (C=O) groups is 3. The van der Waals surface area contributed by atoms with E-state index in [1.807, 2.05) is 18.7 Å². The highest BCUT2D eigenvalue weighted by Gasteiger charge is 2.54. The summed E-state index contributed by atoms with van der Waals surface area (Å²) >= 11 is 0. The van der Waals surface area contributed by atoms with Crippen molar-refractivity contribution in [3.63, 3.8) is 0 Å². The van der Waals surface area contributed by atoms with Crippen molar-refractivity contribution in [1.29, 1.82) is 0 Å². The van der Waals surface area contributed by atoms with E-state index in [1.165, 1.54) is 4.90 Å². The lowest BCUT2D eigenvalue weighted by molar-refractivity contribution is -0.139. The molecule has 158 valence electrons. The molecule has 0 aliphatic carbocycles. The number of imide groups is 1. The summed E-state index contributed by atoms with van der Waals surface area (Å²) in [6, 6.07) is -0.476. The molecule has 0 aromatic rings. The van der Waals surface area contributed by atoms with E-state index in [0.717, 1.165) is 39.0 Å². The van der Waals surface area contributed by atoms with E-state index in [0.29, 0.717) is 37.6 Å². The van der Waals surface area contributed by atoms with Crippen LogP contribution in [-0.4, -0.2) is 76.8 Å². The van der Waals surface area contributed by atoms with Crippen molar-refractivity contribution in [2.45, 2.75) is 71.4 Å². The van der Waals surface area contributed by atoms with E-state index in [-0.39, 0.29) is 23.9 Å². The molecule has 7 heteroatoms. The molecule has 3 rings (SSSR count). The highest BCUT2D eigenvalue weighted by molar-refractivity contribution is 6.07. The van der Waals surface area contributed by atoms with Crippen LogP contribution >= 0.6 is 0 Å².